The molecule has 1 atom stereocenters. The highest BCUT2D eigenvalue weighted by atomic mass is 32.1. The second kappa shape index (κ2) is 8.83. The summed E-state index contributed by atoms with van der Waals surface area (Å²) >= 11 is 1.64. The third kappa shape index (κ3) is 5.76. The van der Waals surface area contributed by atoms with Crippen LogP contribution in [-0.4, -0.2) is 33.3 Å². The number of carbonyl (C=O) groups excluding carboxylic acids is 1. The highest BCUT2D eigenvalue weighted by Gasteiger charge is 2.35. The molecule has 2 heterocycles. The quantitative estimate of drug-likeness (QED) is 0.641. The van der Waals surface area contributed by atoms with E-state index < -0.39 is 5.60 Å². The van der Waals surface area contributed by atoms with E-state index in [1.807, 2.05) is 25.7 Å². The molecule has 146 valence electrons. The van der Waals surface area contributed by atoms with Crippen LogP contribution in [0.2, 0.25) is 0 Å². The summed E-state index contributed by atoms with van der Waals surface area (Å²) in [5.41, 5.74) is 0.907. The van der Waals surface area contributed by atoms with Crippen molar-refractivity contribution in [2.24, 2.45) is 0 Å². The summed E-state index contributed by atoms with van der Waals surface area (Å²) in [6, 6.07) is 10.6. The number of hydrogen-bond donors (Lipinski definition) is 0. The number of benzene rings is 1. The van der Waals surface area contributed by atoms with Crippen molar-refractivity contribution in [1.82, 2.24) is 15.1 Å². The summed E-state index contributed by atoms with van der Waals surface area (Å²) in [4.78, 5) is 14.3. The molecule has 1 amide bonds. The Morgan fingerprint density at radius 1 is 1.19 bits per heavy atom. The van der Waals surface area contributed by atoms with E-state index in [0.717, 1.165) is 55.1 Å². The minimum absolute atomic E-state index is 0.00965. The highest BCUT2D eigenvalue weighted by Crippen LogP contribution is 2.34. The van der Waals surface area contributed by atoms with Crippen molar-refractivity contribution >= 4 is 17.4 Å². The summed E-state index contributed by atoms with van der Waals surface area (Å²) in [5, 5.41) is 10.8. The van der Waals surface area contributed by atoms with Gasteiger partial charge in [0.15, 0.2) is 0 Å². The normalized spacial score (nSPS) is 17.3. The third-order valence-corrected chi connectivity index (χ3v) is 5.68. The van der Waals surface area contributed by atoms with E-state index >= 15 is 0 Å². The van der Waals surface area contributed by atoms with Crippen molar-refractivity contribution in [1.29, 1.82) is 0 Å². The Labute approximate surface area is 165 Å². The fourth-order valence-electron chi connectivity index (χ4n) is 3.31. The van der Waals surface area contributed by atoms with E-state index in [4.69, 9.17) is 4.74 Å². The molecule has 5 nitrogen and oxygen atoms in total. The molecule has 6 heteroatoms. The number of rotatable bonds is 6. The number of aryl methyl sites for hydroxylation is 2. The smallest absolute Gasteiger partial charge is 0.410 e. The fraction of sp³-hybridized carbons (Fsp3) is 0.571. The van der Waals surface area contributed by atoms with Gasteiger partial charge >= 0.3 is 6.09 Å². The number of nitrogens with zero attached hydrogens (tertiary/aromatic N) is 3. The lowest BCUT2D eigenvalue weighted by Crippen LogP contribution is -2.36. The lowest BCUT2D eigenvalue weighted by atomic mass is 10.1. The Morgan fingerprint density at radius 3 is 2.67 bits per heavy atom. The van der Waals surface area contributed by atoms with Gasteiger partial charge in [-0.3, -0.25) is 4.90 Å². The lowest BCUT2D eigenvalue weighted by Gasteiger charge is -2.27. The number of ether oxygens (including phenoxy) is 1. The first-order valence-electron chi connectivity index (χ1n) is 9.78. The first kappa shape index (κ1) is 19.8. The molecule has 1 fully saturated rings. The van der Waals surface area contributed by atoms with Crippen molar-refractivity contribution < 1.29 is 9.53 Å². The molecule has 1 aromatic heterocycles. The van der Waals surface area contributed by atoms with Gasteiger partial charge in [0.2, 0.25) is 0 Å². The van der Waals surface area contributed by atoms with Crippen LogP contribution in [0.5, 0.6) is 0 Å². The van der Waals surface area contributed by atoms with E-state index in [-0.39, 0.29) is 12.1 Å². The number of hydrogen-bond acceptors (Lipinski definition) is 5. The lowest BCUT2D eigenvalue weighted by molar-refractivity contribution is 0.0224. The molecule has 0 saturated carbocycles. The molecule has 0 radical (unpaired) electrons. The van der Waals surface area contributed by atoms with Crippen molar-refractivity contribution in [3.8, 4) is 0 Å². The Balaban J connectivity index is 1.51. The zero-order chi connectivity index (χ0) is 19.3. The predicted molar refractivity (Wildman–Crippen MR) is 108 cm³/mol. The van der Waals surface area contributed by atoms with Gasteiger partial charge in [-0.2, -0.15) is 0 Å². The molecule has 27 heavy (non-hydrogen) atoms. The van der Waals surface area contributed by atoms with Crippen LogP contribution in [0, 0.1) is 0 Å². The van der Waals surface area contributed by atoms with Gasteiger partial charge in [-0.25, -0.2) is 4.79 Å². The Hall–Kier alpha value is -1.95. The average Bonchev–Trinajstić information content (AvgIpc) is 3.27. The van der Waals surface area contributed by atoms with Crippen molar-refractivity contribution in [2.75, 3.05) is 6.54 Å². The molecule has 2 aromatic rings. The van der Waals surface area contributed by atoms with E-state index in [1.165, 1.54) is 5.56 Å². The minimum atomic E-state index is -0.477. The van der Waals surface area contributed by atoms with Crippen molar-refractivity contribution in [3.63, 3.8) is 0 Å². The summed E-state index contributed by atoms with van der Waals surface area (Å²) < 4.78 is 5.55. The number of aromatic nitrogens is 2. The van der Waals surface area contributed by atoms with Crippen LogP contribution < -0.4 is 0 Å². The third-order valence-electron chi connectivity index (χ3n) is 4.60. The highest BCUT2D eigenvalue weighted by molar-refractivity contribution is 7.11. The predicted octanol–water partition coefficient (Wildman–Crippen LogP) is 5.18. The van der Waals surface area contributed by atoms with Gasteiger partial charge in [0.1, 0.15) is 15.6 Å². The zero-order valence-corrected chi connectivity index (χ0v) is 17.3. The molecule has 0 spiro atoms. The van der Waals surface area contributed by atoms with Gasteiger partial charge in [-0.05, 0) is 58.4 Å². The summed E-state index contributed by atoms with van der Waals surface area (Å²) in [5.74, 6) is 0. The Kier molecular flexibility index (Phi) is 6.47. The maximum absolute atomic E-state index is 12.5. The standard InChI is InChI=1S/C21H29N3O2S/c1-21(2,3)26-20(25)24-15-9-13-17(24)19-23-22-18(27-19)14-8-7-12-16-10-5-4-6-11-16/h4-6,10-11,17H,7-9,12-15H2,1-3H3. The SMILES string of the molecule is CC(C)(C)OC(=O)N1CCCC1c1nnc(CCCCc2ccccc2)s1. The summed E-state index contributed by atoms with van der Waals surface area (Å²) in [7, 11) is 0. The second-order valence-corrected chi connectivity index (χ2v) is 9.15. The topological polar surface area (TPSA) is 55.3 Å². The number of unbranched alkanes of at least 4 members (excludes halogenated alkanes) is 1. The summed E-state index contributed by atoms with van der Waals surface area (Å²) in [6.07, 6.45) is 5.96. The van der Waals surface area contributed by atoms with Crippen molar-refractivity contribution in [3.05, 3.63) is 45.9 Å². The van der Waals surface area contributed by atoms with Gasteiger partial charge in [-0.15, -0.1) is 10.2 Å². The van der Waals surface area contributed by atoms with Crippen LogP contribution in [-0.2, 0) is 17.6 Å². The maximum atomic E-state index is 12.5. The fourth-order valence-corrected chi connectivity index (χ4v) is 4.35. The largest absolute Gasteiger partial charge is 0.444 e. The molecule has 1 aromatic carbocycles. The first-order valence-corrected chi connectivity index (χ1v) is 10.6. The van der Waals surface area contributed by atoms with Gasteiger partial charge in [-0.1, -0.05) is 41.7 Å². The van der Waals surface area contributed by atoms with Gasteiger partial charge in [0.05, 0.1) is 6.04 Å². The van der Waals surface area contributed by atoms with Crippen LogP contribution >= 0.6 is 11.3 Å². The van der Waals surface area contributed by atoms with Crippen LogP contribution in [0.4, 0.5) is 4.79 Å². The molecule has 1 unspecified atom stereocenters. The number of likely N-dealkylation sites (tertiary alicyclic amines) is 1. The molecule has 0 aliphatic carbocycles. The van der Waals surface area contributed by atoms with Crippen LogP contribution in [0.1, 0.15) is 68.1 Å². The Bertz CT molecular complexity index is 739. The van der Waals surface area contributed by atoms with E-state index in [2.05, 4.69) is 40.5 Å². The van der Waals surface area contributed by atoms with Crippen LogP contribution in [0.15, 0.2) is 30.3 Å². The second-order valence-electron chi connectivity index (χ2n) is 8.06. The van der Waals surface area contributed by atoms with E-state index in [0.29, 0.717) is 0 Å². The maximum Gasteiger partial charge on any atom is 0.410 e. The molecular weight excluding hydrogens is 358 g/mol. The van der Waals surface area contributed by atoms with Gasteiger partial charge < -0.3 is 4.74 Å². The monoisotopic (exact) mass is 387 g/mol. The molecule has 1 saturated heterocycles. The van der Waals surface area contributed by atoms with Gasteiger partial charge in [0.25, 0.3) is 0 Å². The molecule has 3 rings (SSSR count). The summed E-state index contributed by atoms with van der Waals surface area (Å²) in [6.45, 7) is 6.42. The zero-order valence-electron chi connectivity index (χ0n) is 16.5. The van der Waals surface area contributed by atoms with Crippen molar-refractivity contribution in [2.45, 2.75) is 70.9 Å². The Morgan fingerprint density at radius 2 is 1.93 bits per heavy atom. The number of carbonyl (C=O) groups is 1. The van der Waals surface area contributed by atoms with Crippen LogP contribution in [0.3, 0.4) is 0 Å². The molecular formula is C21H29N3O2S. The van der Waals surface area contributed by atoms with E-state index in [9.17, 15) is 4.79 Å². The number of amides is 1. The van der Waals surface area contributed by atoms with Gasteiger partial charge in [0, 0.05) is 13.0 Å². The molecule has 0 N–H and O–H groups in total. The van der Waals surface area contributed by atoms with E-state index in [1.54, 1.807) is 11.3 Å². The first-order chi connectivity index (χ1) is 12.9. The average molecular weight is 388 g/mol. The van der Waals surface area contributed by atoms with Crippen LogP contribution in [0.25, 0.3) is 0 Å². The molecule has 1 aliphatic heterocycles. The molecule has 1 aliphatic rings. The molecule has 0 bridgehead atoms. The minimum Gasteiger partial charge on any atom is -0.444 e.